The molecule has 1 N–H and O–H groups in total. The lowest BCUT2D eigenvalue weighted by Gasteiger charge is -2.38. The van der Waals surface area contributed by atoms with Crippen LogP contribution in [0.2, 0.25) is 0 Å². The van der Waals surface area contributed by atoms with Crippen LogP contribution in [0.5, 0.6) is 5.75 Å². The average molecular weight is 306 g/mol. The van der Waals surface area contributed by atoms with Crippen LogP contribution in [-0.2, 0) is 20.9 Å². The minimum Gasteiger partial charge on any atom is -0.496 e. The summed E-state index contributed by atoms with van der Waals surface area (Å²) in [5, 5.41) is 2.86. The summed E-state index contributed by atoms with van der Waals surface area (Å²) < 4.78 is 10.9. The van der Waals surface area contributed by atoms with E-state index in [1.165, 1.54) is 6.92 Å². The van der Waals surface area contributed by atoms with E-state index in [0.29, 0.717) is 19.7 Å². The number of carbonyl (C=O) groups is 2. The highest BCUT2D eigenvalue weighted by molar-refractivity contribution is 5.86. The normalized spacial score (nSPS) is 21.3. The SMILES string of the molecule is COc1ccccc1CNC(=O)[C@@]1(C)CN(C(C)=O)CCO1. The molecule has 6 heteroatoms. The number of rotatable bonds is 4. The van der Waals surface area contributed by atoms with E-state index in [-0.39, 0.29) is 18.4 Å². The molecular formula is C16H22N2O4. The molecule has 1 atom stereocenters. The molecule has 0 spiro atoms. The maximum Gasteiger partial charge on any atom is 0.254 e. The lowest BCUT2D eigenvalue weighted by Crippen LogP contribution is -2.58. The molecule has 1 saturated heterocycles. The van der Waals surface area contributed by atoms with Crippen LogP contribution < -0.4 is 10.1 Å². The predicted molar refractivity (Wildman–Crippen MR) is 81.5 cm³/mol. The van der Waals surface area contributed by atoms with Crippen LogP contribution in [0.25, 0.3) is 0 Å². The Kier molecular flexibility index (Phi) is 5.03. The Morgan fingerprint density at radius 2 is 2.14 bits per heavy atom. The molecule has 1 aliphatic heterocycles. The highest BCUT2D eigenvalue weighted by Crippen LogP contribution is 2.20. The number of methoxy groups -OCH3 is 1. The van der Waals surface area contributed by atoms with E-state index >= 15 is 0 Å². The minimum atomic E-state index is -1.02. The van der Waals surface area contributed by atoms with Gasteiger partial charge >= 0.3 is 0 Å². The van der Waals surface area contributed by atoms with Gasteiger partial charge in [-0.2, -0.15) is 0 Å². The van der Waals surface area contributed by atoms with Crippen LogP contribution >= 0.6 is 0 Å². The maximum absolute atomic E-state index is 12.4. The predicted octanol–water partition coefficient (Wildman–Crippen LogP) is 0.949. The van der Waals surface area contributed by atoms with Gasteiger partial charge in [-0.1, -0.05) is 18.2 Å². The van der Waals surface area contributed by atoms with Crippen molar-refractivity contribution in [3.8, 4) is 5.75 Å². The van der Waals surface area contributed by atoms with E-state index in [2.05, 4.69) is 5.32 Å². The van der Waals surface area contributed by atoms with Crippen molar-refractivity contribution in [3.63, 3.8) is 0 Å². The second kappa shape index (κ2) is 6.79. The Balaban J connectivity index is 2.00. The standard InChI is InChI=1S/C16H22N2O4/c1-12(19)18-8-9-22-16(2,11-18)15(20)17-10-13-6-4-5-7-14(13)21-3/h4-7H,8-11H2,1-3H3,(H,17,20)/t16-/m1/s1. The van der Waals surface area contributed by atoms with Gasteiger partial charge < -0.3 is 19.7 Å². The molecule has 120 valence electrons. The summed E-state index contributed by atoms with van der Waals surface area (Å²) in [4.78, 5) is 25.6. The first-order chi connectivity index (χ1) is 10.5. The van der Waals surface area contributed by atoms with Crippen LogP contribution in [0.3, 0.4) is 0 Å². The van der Waals surface area contributed by atoms with Crippen molar-refractivity contribution in [3.05, 3.63) is 29.8 Å². The summed E-state index contributed by atoms with van der Waals surface area (Å²) in [6.07, 6.45) is 0. The number of amides is 2. The zero-order valence-corrected chi connectivity index (χ0v) is 13.2. The van der Waals surface area contributed by atoms with Gasteiger partial charge in [-0.05, 0) is 13.0 Å². The van der Waals surface area contributed by atoms with E-state index in [4.69, 9.17) is 9.47 Å². The average Bonchev–Trinajstić information content (AvgIpc) is 2.52. The van der Waals surface area contributed by atoms with Crippen molar-refractivity contribution >= 4 is 11.8 Å². The Hall–Kier alpha value is -2.08. The molecule has 1 aliphatic rings. The van der Waals surface area contributed by atoms with Crippen LogP contribution in [0.1, 0.15) is 19.4 Å². The van der Waals surface area contributed by atoms with Gasteiger partial charge in [0.2, 0.25) is 5.91 Å². The molecule has 1 aromatic rings. The van der Waals surface area contributed by atoms with Gasteiger partial charge in [0.1, 0.15) is 5.75 Å². The van der Waals surface area contributed by atoms with Crippen molar-refractivity contribution < 1.29 is 19.1 Å². The molecule has 1 heterocycles. The first kappa shape index (κ1) is 16.3. The molecular weight excluding hydrogens is 284 g/mol. The number of carbonyl (C=O) groups excluding carboxylic acids is 2. The van der Waals surface area contributed by atoms with Gasteiger partial charge in [0, 0.05) is 25.6 Å². The van der Waals surface area contributed by atoms with E-state index < -0.39 is 5.60 Å². The van der Waals surface area contributed by atoms with Crippen LogP contribution in [0, 0.1) is 0 Å². The second-order valence-electron chi connectivity index (χ2n) is 5.51. The molecule has 1 aromatic carbocycles. The molecule has 0 unspecified atom stereocenters. The van der Waals surface area contributed by atoms with Crippen LogP contribution in [-0.4, -0.2) is 49.1 Å². The number of hydrogen-bond acceptors (Lipinski definition) is 4. The van der Waals surface area contributed by atoms with Crippen molar-refractivity contribution in [1.29, 1.82) is 0 Å². The lowest BCUT2D eigenvalue weighted by molar-refractivity contribution is -0.162. The molecule has 6 nitrogen and oxygen atoms in total. The van der Waals surface area contributed by atoms with E-state index in [1.807, 2.05) is 24.3 Å². The first-order valence-electron chi connectivity index (χ1n) is 7.26. The van der Waals surface area contributed by atoms with Gasteiger partial charge in [-0.3, -0.25) is 9.59 Å². The number of benzene rings is 1. The monoisotopic (exact) mass is 306 g/mol. The fraction of sp³-hybridized carbons (Fsp3) is 0.500. The molecule has 22 heavy (non-hydrogen) atoms. The van der Waals surface area contributed by atoms with Crippen LogP contribution in [0.15, 0.2) is 24.3 Å². The zero-order valence-electron chi connectivity index (χ0n) is 13.2. The highest BCUT2D eigenvalue weighted by atomic mass is 16.5. The van der Waals surface area contributed by atoms with Gasteiger partial charge in [0.15, 0.2) is 5.60 Å². The number of para-hydroxylation sites is 1. The molecule has 0 saturated carbocycles. The van der Waals surface area contributed by atoms with Crippen molar-refractivity contribution in [1.82, 2.24) is 10.2 Å². The smallest absolute Gasteiger partial charge is 0.254 e. The first-order valence-corrected chi connectivity index (χ1v) is 7.26. The van der Waals surface area contributed by atoms with Gasteiger partial charge in [-0.25, -0.2) is 0 Å². The van der Waals surface area contributed by atoms with Crippen molar-refractivity contribution in [2.75, 3.05) is 26.8 Å². The van der Waals surface area contributed by atoms with E-state index in [1.54, 1.807) is 18.9 Å². The Morgan fingerprint density at radius 3 is 2.82 bits per heavy atom. The third-order valence-electron chi connectivity index (χ3n) is 3.83. The van der Waals surface area contributed by atoms with Crippen LogP contribution in [0.4, 0.5) is 0 Å². The fourth-order valence-electron chi connectivity index (χ4n) is 2.49. The summed E-state index contributed by atoms with van der Waals surface area (Å²) in [7, 11) is 1.59. The number of morpholine rings is 1. The van der Waals surface area contributed by atoms with Gasteiger partial charge in [-0.15, -0.1) is 0 Å². The third-order valence-corrected chi connectivity index (χ3v) is 3.83. The molecule has 2 amide bonds. The third kappa shape index (κ3) is 3.57. The largest absolute Gasteiger partial charge is 0.496 e. The number of hydrogen-bond donors (Lipinski definition) is 1. The number of ether oxygens (including phenoxy) is 2. The summed E-state index contributed by atoms with van der Waals surface area (Å²) >= 11 is 0. The molecule has 0 aliphatic carbocycles. The molecule has 1 fully saturated rings. The maximum atomic E-state index is 12.4. The van der Waals surface area contributed by atoms with Gasteiger partial charge in [0.25, 0.3) is 5.91 Å². The molecule has 0 aromatic heterocycles. The summed E-state index contributed by atoms with van der Waals surface area (Å²) in [5.74, 6) is 0.444. The van der Waals surface area contributed by atoms with Gasteiger partial charge in [0.05, 0.1) is 20.3 Å². The Labute approximate surface area is 130 Å². The van der Waals surface area contributed by atoms with Crippen molar-refractivity contribution in [2.45, 2.75) is 26.0 Å². The van der Waals surface area contributed by atoms with E-state index in [9.17, 15) is 9.59 Å². The molecule has 0 bridgehead atoms. The summed E-state index contributed by atoms with van der Waals surface area (Å²) in [6, 6.07) is 7.50. The second-order valence-corrected chi connectivity index (χ2v) is 5.51. The Bertz CT molecular complexity index is 561. The fourth-order valence-corrected chi connectivity index (χ4v) is 2.49. The van der Waals surface area contributed by atoms with E-state index in [0.717, 1.165) is 11.3 Å². The number of nitrogens with one attached hydrogen (secondary N) is 1. The topological polar surface area (TPSA) is 67.9 Å². The quantitative estimate of drug-likeness (QED) is 0.899. The zero-order chi connectivity index (χ0) is 16.2. The number of nitrogens with zero attached hydrogens (tertiary/aromatic N) is 1. The van der Waals surface area contributed by atoms with Crippen molar-refractivity contribution in [2.24, 2.45) is 0 Å². The lowest BCUT2D eigenvalue weighted by atomic mass is 10.0. The highest BCUT2D eigenvalue weighted by Gasteiger charge is 2.39. The Morgan fingerprint density at radius 1 is 1.41 bits per heavy atom. The summed E-state index contributed by atoms with van der Waals surface area (Å²) in [6.45, 7) is 4.70. The summed E-state index contributed by atoms with van der Waals surface area (Å²) in [5.41, 5.74) is -0.132. The molecule has 2 rings (SSSR count). The molecule has 0 radical (unpaired) electrons. The minimum absolute atomic E-state index is 0.0490.